The van der Waals surface area contributed by atoms with Crippen LogP contribution in [0.1, 0.15) is 54.6 Å². The SMILES string of the molecule is CCNC(=NCc1sc(C)nc1C)NCC(C1CCCCC1)N(C)C. The summed E-state index contributed by atoms with van der Waals surface area (Å²) in [5.74, 6) is 1.71. The smallest absolute Gasteiger partial charge is 0.191 e. The molecule has 1 aliphatic carbocycles. The summed E-state index contributed by atoms with van der Waals surface area (Å²) in [6.07, 6.45) is 6.89. The van der Waals surface area contributed by atoms with Crippen LogP contribution in [0, 0.1) is 19.8 Å². The van der Waals surface area contributed by atoms with Gasteiger partial charge in [0.2, 0.25) is 0 Å². The van der Waals surface area contributed by atoms with E-state index in [4.69, 9.17) is 4.99 Å². The Morgan fingerprint density at radius 1 is 1.24 bits per heavy atom. The van der Waals surface area contributed by atoms with Crippen LogP contribution < -0.4 is 10.6 Å². The first-order chi connectivity index (χ1) is 12.0. The molecular formula is C19H35N5S. The van der Waals surface area contributed by atoms with E-state index in [2.05, 4.69) is 55.4 Å². The van der Waals surface area contributed by atoms with Gasteiger partial charge in [0.25, 0.3) is 0 Å². The van der Waals surface area contributed by atoms with Gasteiger partial charge in [-0.25, -0.2) is 9.98 Å². The first-order valence-corrected chi connectivity index (χ1v) is 10.4. The molecule has 1 saturated carbocycles. The van der Waals surface area contributed by atoms with Crippen molar-refractivity contribution in [3.63, 3.8) is 0 Å². The summed E-state index contributed by atoms with van der Waals surface area (Å²) in [6.45, 7) is 8.76. The number of likely N-dealkylation sites (N-methyl/N-ethyl adjacent to an activating group) is 1. The van der Waals surface area contributed by atoms with Crippen molar-refractivity contribution >= 4 is 17.3 Å². The second-order valence-electron chi connectivity index (χ2n) is 7.25. The van der Waals surface area contributed by atoms with Gasteiger partial charge in [0.05, 0.1) is 17.2 Å². The number of guanidine groups is 1. The predicted octanol–water partition coefficient (Wildman–Crippen LogP) is 3.33. The van der Waals surface area contributed by atoms with E-state index in [1.165, 1.54) is 37.0 Å². The zero-order chi connectivity index (χ0) is 18.2. The van der Waals surface area contributed by atoms with Crippen molar-refractivity contribution in [2.75, 3.05) is 27.2 Å². The van der Waals surface area contributed by atoms with E-state index < -0.39 is 0 Å². The summed E-state index contributed by atoms with van der Waals surface area (Å²) in [5.41, 5.74) is 1.11. The van der Waals surface area contributed by atoms with Crippen molar-refractivity contribution in [3.8, 4) is 0 Å². The van der Waals surface area contributed by atoms with Crippen LogP contribution in [0.25, 0.3) is 0 Å². The van der Waals surface area contributed by atoms with Gasteiger partial charge in [-0.15, -0.1) is 11.3 Å². The Morgan fingerprint density at radius 2 is 1.96 bits per heavy atom. The lowest BCUT2D eigenvalue weighted by atomic mass is 9.83. The van der Waals surface area contributed by atoms with Gasteiger partial charge in [-0.1, -0.05) is 19.3 Å². The minimum absolute atomic E-state index is 0.566. The molecule has 1 aliphatic rings. The van der Waals surface area contributed by atoms with Crippen LogP contribution in [-0.4, -0.2) is 49.1 Å². The summed E-state index contributed by atoms with van der Waals surface area (Å²) in [5, 5.41) is 8.07. The van der Waals surface area contributed by atoms with Gasteiger partial charge >= 0.3 is 0 Å². The van der Waals surface area contributed by atoms with Gasteiger partial charge < -0.3 is 15.5 Å². The van der Waals surface area contributed by atoms with Crippen molar-refractivity contribution in [2.24, 2.45) is 10.9 Å². The van der Waals surface area contributed by atoms with E-state index in [9.17, 15) is 0 Å². The number of aromatic nitrogens is 1. The zero-order valence-electron chi connectivity index (χ0n) is 16.6. The van der Waals surface area contributed by atoms with Gasteiger partial charge in [0, 0.05) is 24.0 Å². The Hall–Kier alpha value is -1.14. The molecule has 25 heavy (non-hydrogen) atoms. The molecule has 0 bridgehead atoms. The molecule has 0 aliphatic heterocycles. The number of nitrogens with zero attached hydrogens (tertiary/aromatic N) is 3. The highest BCUT2D eigenvalue weighted by atomic mass is 32.1. The van der Waals surface area contributed by atoms with Crippen LogP contribution in [0.5, 0.6) is 0 Å². The maximum absolute atomic E-state index is 4.78. The average molecular weight is 366 g/mol. The highest BCUT2D eigenvalue weighted by molar-refractivity contribution is 7.11. The van der Waals surface area contributed by atoms with Gasteiger partial charge in [-0.05, 0) is 53.6 Å². The topological polar surface area (TPSA) is 52.6 Å². The van der Waals surface area contributed by atoms with Crippen molar-refractivity contribution < 1.29 is 0 Å². The normalized spacial score (nSPS) is 17.8. The molecule has 6 heteroatoms. The monoisotopic (exact) mass is 365 g/mol. The predicted molar refractivity (Wildman–Crippen MR) is 108 cm³/mol. The average Bonchev–Trinajstić information content (AvgIpc) is 2.91. The molecule has 1 heterocycles. The fourth-order valence-electron chi connectivity index (χ4n) is 3.70. The van der Waals surface area contributed by atoms with Gasteiger partial charge in [-0.3, -0.25) is 0 Å². The summed E-state index contributed by atoms with van der Waals surface area (Å²) in [7, 11) is 4.41. The van der Waals surface area contributed by atoms with Gasteiger partial charge in [-0.2, -0.15) is 0 Å². The number of aliphatic imine (C=N–C) groups is 1. The molecule has 0 spiro atoms. The molecule has 1 aromatic heterocycles. The first-order valence-electron chi connectivity index (χ1n) is 9.62. The summed E-state index contributed by atoms with van der Waals surface area (Å²) < 4.78 is 0. The van der Waals surface area contributed by atoms with E-state index >= 15 is 0 Å². The number of rotatable bonds is 7. The Balaban J connectivity index is 1.96. The van der Waals surface area contributed by atoms with E-state index in [0.717, 1.165) is 35.7 Å². The fraction of sp³-hybridized carbons (Fsp3) is 0.789. The molecule has 1 fully saturated rings. The van der Waals surface area contributed by atoms with Gasteiger partial charge in [0.15, 0.2) is 5.96 Å². The lowest BCUT2D eigenvalue weighted by Gasteiger charge is -2.35. The number of nitrogens with one attached hydrogen (secondary N) is 2. The molecule has 2 N–H and O–H groups in total. The third kappa shape index (κ3) is 6.26. The van der Waals surface area contributed by atoms with Crippen molar-refractivity contribution in [1.82, 2.24) is 20.5 Å². The van der Waals surface area contributed by atoms with Crippen molar-refractivity contribution in [3.05, 3.63) is 15.6 Å². The second-order valence-corrected chi connectivity index (χ2v) is 8.53. The Kier molecular flexibility index (Phi) is 8.16. The summed E-state index contributed by atoms with van der Waals surface area (Å²) >= 11 is 1.74. The molecule has 0 aromatic carbocycles. The first kappa shape index (κ1) is 20.2. The Bertz CT molecular complexity index is 546. The molecule has 2 rings (SSSR count). The van der Waals surface area contributed by atoms with Crippen LogP contribution in [0.2, 0.25) is 0 Å². The molecule has 142 valence electrons. The van der Waals surface area contributed by atoms with Crippen LogP contribution in [0.3, 0.4) is 0 Å². The molecule has 1 aromatic rings. The Morgan fingerprint density at radius 3 is 2.52 bits per heavy atom. The molecule has 5 nitrogen and oxygen atoms in total. The Labute approximate surface area is 157 Å². The molecular weight excluding hydrogens is 330 g/mol. The van der Waals surface area contributed by atoms with Crippen LogP contribution >= 0.6 is 11.3 Å². The van der Waals surface area contributed by atoms with E-state index in [1.54, 1.807) is 11.3 Å². The summed E-state index contributed by atoms with van der Waals surface area (Å²) in [6, 6.07) is 0.566. The van der Waals surface area contributed by atoms with Crippen molar-refractivity contribution in [1.29, 1.82) is 0 Å². The third-order valence-corrected chi connectivity index (χ3v) is 6.12. The number of hydrogen-bond donors (Lipinski definition) is 2. The van der Waals surface area contributed by atoms with E-state index in [-0.39, 0.29) is 0 Å². The van der Waals surface area contributed by atoms with Crippen molar-refractivity contribution in [2.45, 2.75) is 65.5 Å². The maximum Gasteiger partial charge on any atom is 0.191 e. The standard InChI is InChI=1S/C19H35N5S/c1-6-20-19(22-13-18-14(2)23-15(3)25-18)21-12-17(24(4)5)16-10-8-7-9-11-16/h16-17H,6-13H2,1-5H3,(H2,20,21,22). The highest BCUT2D eigenvalue weighted by Gasteiger charge is 2.25. The minimum atomic E-state index is 0.566. The van der Waals surface area contributed by atoms with Crippen LogP contribution in [0.4, 0.5) is 0 Å². The number of aryl methyl sites for hydroxylation is 2. The highest BCUT2D eigenvalue weighted by Crippen LogP contribution is 2.28. The molecule has 1 atom stereocenters. The lowest BCUT2D eigenvalue weighted by Crippen LogP contribution is -2.48. The van der Waals surface area contributed by atoms with E-state index in [1.807, 2.05) is 0 Å². The summed E-state index contributed by atoms with van der Waals surface area (Å²) in [4.78, 5) is 12.9. The third-order valence-electron chi connectivity index (χ3n) is 5.06. The second kappa shape index (κ2) is 10.1. The fourth-order valence-corrected chi connectivity index (χ4v) is 4.57. The quantitative estimate of drug-likeness (QED) is 0.575. The molecule has 0 amide bonds. The number of hydrogen-bond acceptors (Lipinski definition) is 4. The minimum Gasteiger partial charge on any atom is -0.357 e. The number of thiazole rings is 1. The van der Waals surface area contributed by atoms with Crippen LogP contribution in [0.15, 0.2) is 4.99 Å². The molecule has 0 radical (unpaired) electrons. The zero-order valence-corrected chi connectivity index (χ0v) is 17.4. The van der Waals surface area contributed by atoms with E-state index in [0.29, 0.717) is 12.6 Å². The lowest BCUT2D eigenvalue weighted by molar-refractivity contribution is 0.171. The van der Waals surface area contributed by atoms with Crippen LogP contribution in [-0.2, 0) is 6.54 Å². The van der Waals surface area contributed by atoms with Gasteiger partial charge in [0.1, 0.15) is 0 Å². The largest absolute Gasteiger partial charge is 0.357 e. The molecule has 0 saturated heterocycles. The maximum atomic E-state index is 4.78. The molecule has 1 unspecified atom stereocenters.